The van der Waals surface area contributed by atoms with Crippen LogP contribution >= 0.6 is 0 Å². The van der Waals surface area contributed by atoms with Crippen molar-refractivity contribution in [3.63, 3.8) is 0 Å². The van der Waals surface area contributed by atoms with Gasteiger partial charge >= 0.3 is 0 Å². The molecule has 0 aromatic heterocycles. The molecule has 2 aliphatic carbocycles. The van der Waals surface area contributed by atoms with Crippen LogP contribution in [0.3, 0.4) is 0 Å². The normalized spacial score (nSPS) is 33.6. The molecule has 1 atom stereocenters. The van der Waals surface area contributed by atoms with Crippen LogP contribution in [0.2, 0.25) is 0 Å². The largest absolute Gasteiger partial charge is 0.483 e. The average molecular weight is 230 g/mol. The quantitative estimate of drug-likeness (QED) is 0.640. The second-order valence-electron chi connectivity index (χ2n) is 5.34. The summed E-state index contributed by atoms with van der Waals surface area (Å²) in [5, 5.41) is 0. The number of fused-ring (bicyclic) bond motifs is 1. The Labute approximate surface area is 99.8 Å². The van der Waals surface area contributed by atoms with Gasteiger partial charge in [0.1, 0.15) is 11.4 Å². The van der Waals surface area contributed by atoms with Crippen molar-refractivity contribution in [2.45, 2.75) is 31.8 Å². The van der Waals surface area contributed by atoms with Crippen LogP contribution in [0, 0.1) is 5.41 Å². The summed E-state index contributed by atoms with van der Waals surface area (Å²) in [6.07, 6.45) is 10.6. The maximum absolute atomic E-state index is 11.4. The van der Waals surface area contributed by atoms with E-state index in [1.807, 2.05) is 12.2 Å². The summed E-state index contributed by atoms with van der Waals surface area (Å²) in [7, 11) is 0. The van der Waals surface area contributed by atoms with Crippen molar-refractivity contribution in [2.24, 2.45) is 5.41 Å². The van der Waals surface area contributed by atoms with Gasteiger partial charge in [-0.05, 0) is 30.7 Å². The fourth-order valence-corrected chi connectivity index (χ4v) is 2.84. The van der Waals surface area contributed by atoms with Crippen molar-refractivity contribution in [1.29, 1.82) is 0 Å². The summed E-state index contributed by atoms with van der Waals surface area (Å²) in [4.78, 5) is 22.6. The molecular formula is C14H14O3. The van der Waals surface area contributed by atoms with Gasteiger partial charge in [0, 0.05) is 24.3 Å². The molecule has 88 valence electrons. The third-order valence-electron chi connectivity index (χ3n) is 3.84. The van der Waals surface area contributed by atoms with Gasteiger partial charge in [-0.25, -0.2) is 0 Å². The number of carbonyl (C=O) groups excluding carboxylic acids is 2. The number of hydrogen-bond acceptors (Lipinski definition) is 3. The molecule has 0 aromatic rings. The van der Waals surface area contributed by atoms with E-state index in [0.717, 1.165) is 18.6 Å². The minimum Gasteiger partial charge on any atom is -0.483 e. The van der Waals surface area contributed by atoms with Crippen LogP contribution in [0.15, 0.2) is 36.1 Å². The summed E-state index contributed by atoms with van der Waals surface area (Å²) < 4.78 is 5.93. The van der Waals surface area contributed by atoms with Crippen molar-refractivity contribution in [2.75, 3.05) is 0 Å². The highest BCUT2D eigenvalue weighted by molar-refractivity contribution is 6.00. The highest BCUT2D eigenvalue weighted by atomic mass is 16.5. The van der Waals surface area contributed by atoms with Crippen molar-refractivity contribution in [3.8, 4) is 0 Å². The Morgan fingerprint density at radius 2 is 1.94 bits per heavy atom. The summed E-state index contributed by atoms with van der Waals surface area (Å²) in [5.41, 5.74) is -0.581. The molecule has 1 spiro atoms. The SMILES string of the molecule is CC12CCC(=O)C=C1OC1(C=CC(=O)C=C1)C2. The molecule has 1 unspecified atom stereocenters. The number of carbonyl (C=O) groups is 2. The fraction of sp³-hybridized carbons (Fsp3) is 0.429. The van der Waals surface area contributed by atoms with E-state index in [9.17, 15) is 9.59 Å². The predicted molar refractivity (Wildman–Crippen MR) is 62.2 cm³/mol. The summed E-state index contributed by atoms with van der Waals surface area (Å²) in [6.45, 7) is 2.12. The molecule has 0 amide bonds. The number of ether oxygens (including phenoxy) is 1. The maximum atomic E-state index is 11.4. The molecule has 1 heterocycles. The lowest BCUT2D eigenvalue weighted by atomic mass is 9.73. The highest BCUT2D eigenvalue weighted by Gasteiger charge is 2.50. The summed E-state index contributed by atoms with van der Waals surface area (Å²) in [5.74, 6) is 0.899. The lowest BCUT2D eigenvalue weighted by molar-refractivity contribution is -0.116. The Morgan fingerprint density at radius 3 is 2.65 bits per heavy atom. The third kappa shape index (κ3) is 1.57. The number of rotatable bonds is 0. The molecule has 3 heteroatoms. The van der Waals surface area contributed by atoms with E-state index in [2.05, 4.69) is 6.92 Å². The van der Waals surface area contributed by atoms with Crippen LogP contribution in [0.25, 0.3) is 0 Å². The van der Waals surface area contributed by atoms with Crippen LogP contribution < -0.4 is 0 Å². The number of ketones is 2. The first-order chi connectivity index (χ1) is 8.01. The van der Waals surface area contributed by atoms with Gasteiger partial charge in [0.05, 0.1) is 0 Å². The standard InChI is InChI=1S/C14H14O3/c1-13-5-2-11(16)8-12(13)17-14(9-13)6-3-10(15)4-7-14/h3-4,6-8H,2,5,9H2,1H3. The minimum atomic E-state index is -0.515. The molecular weight excluding hydrogens is 216 g/mol. The van der Waals surface area contributed by atoms with Gasteiger partial charge < -0.3 is 4.74 Å². The Balaban J connectivity index is 1.98. The van der Waals surface area contributed by atoms with Crippen molar-refractivity contribution < 1.29 is 14.3 Å². The maximum Gasteiger partial charge on any atom is 0.178 e. The molecule has 3 aliphatic rings. The molecule has 0 N–H and O–H groups in total. The van der Waals surface area contributed by atoms with Crippen molar-refractivity contribution in [3.05, 3.63) is 36.1 Å². The molecule has 0 saturated carbocycles. The van der Waals surface area contributed by atoms with E-state index in [0.29, 0.717) is 6.42 Å². The second kappa shape index (κ2) is 3.19. The van der Waals surface area contributed by atoms with Crippen LogP contribution in [0.4, 0.5) is 0 Å². The molecule has 1 aliphatic heterocycles. The summed E-state index contributed by atoms with van der Waals surface area (Å²) in [6, 6.07) is 0. The van der Waals surface area contributed by atoms with E-state index in [-0.39, 0.29) is 17.0 Å². The molecule has 3 rings (SSSR count). The average Bonchev–Trinajstić information content (AvgIpc) is 2.56. The van der Waals surface area contributed by atoms with Crippen LogP contribution in [0.5, 0.6) is 0 Å². The zero-order chi connectivity index (χ0) is 12.1. The van der Waals surface area contributed by atoms with Crippen molar-refractivity contribution in [1.82, 2.24) is 0 Å². The van der Waals surface area contributed by atoms with E-state index in [1.165, 1.54) is 0 Å². The van der Waals surface area contributed by atoms with E-state index >= 15 is 0 Å². The molecule has 17 heavy (non-hydrogen) atoms. The predicted octanol–water partition coefficient (Wildman–Crippen LogP) is 2.09. The van der Waals surface area contributed by atoms with E-state index < -0.39 is 5.60 Å². The van der Waals surface area contributed by atoms with Gasteiger partial charge in [-0.2, -0.15) is 0 Å². The molecule has 0 bridgehead atoms. The lowest BCUT2D eigenvalue weighted by Gasteiger charge is -2.25. The molecule has 3 nitrogen and oxygen atoms in total. The zero-order valence-corrected chi connectivity index (χ0v) is 9.73. The number of hydrogen-bond donors (Lipinski definition) is 0. The third-order valence-corrected chi connectivity index (χ3v) is 3.84. The van der Waals surface area contributed by atoms with E-state index in [1.54, 1.807) is 18.2 Å². The first-order valence-corrected chi connectivity index (χ1v) is 5.88. The first-order valence-electron chi connectivity index (χ1n) is 5.88. The Kier molecular flexibility index (Phi) is 1.97. The van der Waals surface area contributed by atoms with Crippen LogP contribution in [0.1, 0.15) is 26.2 Å². The Morgan fingerprint density at radius 1 is 1.24 bits per heavy atom. The van der Waals surface area contributed by atoms with Crippen LogP contribution in [-0.2, 0) is 14.3 Å². The minimum absolute atomic E-state index is 0.00990. The Bertz CT molecular complexity index is 480. The van der Waals surface area contributed by atoms with Gasteiger partial charge in [0.25, 0.3) is 0 Å². The summed E-state index contributed by atoms with van der Waals surface area (Å²) >= 11 is 0. The molecule has 0 radical (unpaired) electrons. The first kappa shape index (κ1) is 10.5. The van der Waals surface area contributed by atoms with Gasteiger partial charge in [-0.3, -0.25) is 9.59 Å². The lowest BCUT2D eigenvalue weighted by Crippen LogP contribution is -2.26. The zero-order valence-electron chi connectivity index (χ0n) is 9.73. The van der Waals surface area contributed by atoms with Gasteiger partial charge in [0.15, 0.2) is 11.6 Å². The molecule has 1 fully saturated rings. The van der Waals surface area contributed by atoms with E-state index in [4.69, 9.17) is 4.74 Å². The Hall–Kier alpha value is -1.64. The highest BCUT2D eigenvalue weighted by Crippen LogP contribution is 2.53. The number of allylic oxidation sites excluding steroid dienone is 4. The molecule has 1 saturated heterocycles. The van der Waals surface area contributed by atoms with Gasteiger partial charge in [-0.15, -0.1) is 0 Å². The second-order valence-corrected chi connectivity index (χ2v) is 5.34. The topological polar surface area (TPSA) is 43.4 Å². The smallest absolute Gasteiger partial charge is 0.178 e. The monoisotopic (exact) mass is 230 g/mol. The van der Waals surface area contributed by atoms with Crippen molar-refractivity contribution >= 4 is 11.6 Å². The molecule has 0 aromatic carbocycles. The van der Waals surface area contributed by atoms with Gasteiger partial charge in [-0.1, -0.05) is 6.92 Å². The fourth-order valence-electron chi connectivity index (χ4n) is 2.84. The van der Waals surface area contributed by atoms with Crippen LogP contribution in [-0.4, -0.2) is 17.2 Å². The van der Waals surface area contributed by atoms with Gasteiger partial charge in [0.2, 0.25) is 0 Å².